The van der Waals surface area contributed by atoms with Crippen molar-refractivity contribution in [1.82, 2.24) is 10.6 Å². The molecule has 0 aromatic heterocycles. The van der Waals surface area contributed by atoms with Gasteiger partial charge in [0.25, 0.3) is 0 Å². The number of rotatable bonds is 4. The van der Waals surface area contributed by atoms with E-state index in [4.69, 9.17) is 4.74 Å². The number of carbonyl (C=O) groups excluding carboxylic acids is 2. The summed E-state index contributed by atoms with van der Waals surface area (Å²) in [4.78, 5) is 23.3. The Labute approximate surface area is 125 Å². The average molecular weight is 290 g/mol. The highest BCUT2D eigenvalue weighted by atomic mass is 16.6. The van der Waals surface area contributed by atoms with Gasteiger partial charge in [0.05, 0.1) is 6.04 Å². The molecule has 0 radical (unpaired) electrons. The Kier molecular flexibility index (Phi) is 4.50. The fraction of sp³-hybridized carbons (Fsp3) is 0.500. The molecular weight excluding hydrogens is 268 g/mol. The minimum atomic E-state index is -0.566. The van der Waals surface area contributed by atoms with Gasteiger partial charge in [-0.1, -0.05) is 30.3 Å². The van der Waals surface area contributed by atoms with Crippen LogP contribution in [0.5, 0.6) is 0 Å². The lowest BCUT2D eigenvalue weighted by molar-refractivity contribution is -0.131. The number of hydrogen-bond acceptors (Lipinski definition) is 3. The van der Waals surface area contributed by atoms with E-state index in [-0.39, 0.29) is 11.9 Å². The number of alkyl carbamates (subject to hydrolysis) is 1. The van der Waals surface area contributed by atoms with Crippen LogP contribution in [0, 0.1) is 0 Å². The van der Waals surface area contributed by atoms with Crippen molar-refractivity contribution in [1.29, 1.82) is 0 Å². The van der Waals surface area contributed by atoms with Gasteiger partial charge < -0.3 is 15.4 Å². The molecule has 1 fully saturated rings. The zero-order valence-electron chi connectivity index (χ0n) is 12.7. The van der Waals surface area contributed by atoms with E-state index in [1.165, 1.54) is 5.56 Å². The van der Waals surface area contributed by atoms with Gasteiger partial charge in [-0.15, -0.1) is 0 Å². The third-order valence-electron chi connectivity index (χ3n) is 3.27. The molecule has 21 heavy (non-hydrogen) atoms. The summed E-state index contributed by atoms with van der Waals surface area (Å²) in [5.41, 5.74) is 0.652. The molecule has 1 heterocycles. The van der Waals surface area contributed by atoms with Gasteiger partial charge in [0.15, 0.2) is 0 Å². The maximum absolute atomic E-state index is 11.7. The Morgan fingerprint density at radius 2 is 1.95 bits per heavy atom. The van der Waals surface area contributed by atoms with Gasteiger partial charge in [-0.25, -0.2) is 4.79 Å². The lowest BCUT2D eigenvalue weighted by Gasteiger charge is -2.37. The predicted octanol–water partition coefficient (Wildman–Crippen LogP) is 2.01. The third kappa shape index (κ3) is 4.48. The van der Waals surface area contributed by atoms with Crippen LogP contribution in [-0.4, -0.2) is 29.7 Å². The molecule has 0 aliphatic carbocycles. The van der Waals surface area contributed by atoms with Gasteiger partial charge >= 0.3 is 6.09 Å². The fourth-order valence-electron chi connectivity index (χ4n) is 2.25. The summed E-state index contributed by atoms with van der Waals surface area (Å²) >= 11 is 0. The third-order valence-corrected chi connectivity index (χ3v) is 3.27. The molecule has 0 bridgehead atoms. The van der Waals surface area contributed by atoms with Gasteiger partial charge in [0, 0.05) is 0 Å². The molecule has 1 aromatic rings. The van der Waals surface area contributed by atoms with Gasteiger partial charge in [-0.2, -0.15) is 0 Å². The predicted molar refractivity (Wildman–Crippen MR) is 79.9 cm³/mol. The summed E-state index contributed by atoms with van der Waals surface area (Å²) in [5.74, 6) is -0.154. The molecule has 2 N–H and O–H groups in total. The van der Waals surface area contributed by atoms with Crippen LogP contribution in [0.2, 0.25) is 0 Å². The van der Waals surface area contributed by atoms with Crippen LogP contribution in [0.1, 0.15) is 32.8 Å². The summed E-state index contributed by atoms with van der Waals surface area (Å²) in [6, 6.07) is 9.53. The maximum Gasteiger partial charge on any atom is 0.408 e. The van der Waals surface area contributed by atoms with E-state index < -0.39 is 17.7 Å². The molecule has 5 nitrogen and oxygen atoms in total. The van der Waals surface area contributed by atoms with Crippen molar-refractivity contribution in [2.24, 2.45) is 0 Å². The largest absolute Gasteiger partial charge is 0.444 e. The Hall–Kier alpha value is -2.04. The number of β-lactam (4-membered cyclic amide) rings is 1. The summed E-state index contributed by atoms with van der Waals surface area (Å²) in [6.45, 7) is 5.38. The summed E-state index contributed by atoms with van der Waals surface area (Å²) < 4.78 is 5.17. The second-order valence-corrected chi connectivity index (χ2v) is 6.26. The van der Waals surface area contributed by atoms with Crippen LogP contribution in [-0.2, 0) is 16.0 Å². The zero-order chi connectivity index (χ0) is 15.5. The van der Waals surface area contributed by atoms with Crippen molar-refractivity contribution in [3.05, 3.63) is 35.9 Å². The molecule has 2 rings (SSSR count). The molecule has 2 atom stereocenters. The second-order valence-electron chi connectivity index (χ2n) is 6.26. The SMILES string of the molecule is CC(C)(C)OC(=O)N[C@H]1C(=O)N[C@@H]1CCc1ccccc1. The van der Waals surface area contributed by atoms with Gasteiger partial charge in [-0.3, -0.25) is 4.79 Å². The first-order valence-corrected chi connectivity index (χ1v) is 7.19. The summed E-state index contributed by atoms with van der Waals surface area (Å²) in [5, 5.41) is 5.46. The Bertz CT molecular complexity index is 508. The van der Waals surface area contributed by atoms with E-state index >= 15 is 0 Å². The van der Waals surface area contributed by atoms with E-state index in [0.29, 0.717) is 0 Å². The number of carbonyl (C=O) groups is 2. The van der Waals surface area contributed by atoms with Crippen molar-refractivity contribution < 1.29 is 14.3 Å². The van der Waals surface area contributed by atoms with Crippen molar-refractivity contribution in [2.75, 3.05) is 0 Å². The highest BCUT2D eigenvalue weighted by molar-refractivity contribution is 5.92. The summed E-state index contributed by atoms with van der Waals surface area (Å²) in [6.07, 6.45) is 1.10. The number of ether oxygens (including phenoxy) is 1. The quantitative estimate of drug-likeness (QED) is 0.834. The van der Waals surface area contributed by atoms with Crippen LogP contribution in [0.15, 0.2) is 30.3 Å². The first-order chi connectivity index (χ1) is 9.85. The minimum Gasteiger partial charge on any atom is -0.444 e. The van der Waals surface area contributed by atoms with E-state index in [1.54, 1.807) is 20.8 Å². The average Bonchev–Trinajstić information content (AvgIpc) is 2.40. The Morgan fingerprint density at radius 3 is 2.52 bits per heavy atom. The highest BCUT2D eigenvalue weighted by Gasteiger charge is 2.40. The van der Waals surface area contributed by atoms with Crippen LogP contribution in [0.3, 0.4) is 0 Å². The number of amides is 2. The monoisotopic (exact) mass is 290 g/mol. The molecule has 2 amide bonds. The number of benzene rings is 1. The van der Waals surface area contributed by atoms with E-state index in [2.05, 4.69) is 22.8 Å². The molecule has 5 heteroatoms. The van der Waals surface area contributed by atoms with Gasteiger partial charge in [0.2, 0.25) is 5.91 Å². The van der Waals surface area contributed by atoms with E-state index in [0.717, 1.165) is 12.8 Å². The smallest absolute Gasteiger partial charge is 0.408 e. The van der Waals surface area contributed by atoms with Crippen LogP contribution >= 0.6 is 0 Å². The van der Waals surface area contributed by atoms with Crippen LogP contribution < -0.4 is 10.6 Å². The Morgan fingerprint density at radius 1 is 1.29 bits per heavy atom. The lowest BCUT2D eigenvalue weighted by Crippen LogP contribution is -2.69. The number of aryl methyl sites for hydroxylation is 1. The standard InChI is InChI=1S/C16H22N2O3/c1-16(2,3)21-15(20)18-13-12(17-14(13)19)10-9-11-7-5-4-6-8-11/h4-8,12-13H,9-10H2,1-3H3,(H,17,19)(H,18,20)/t12-,13-/m1/s1. The first kappa shape index (κ1) is 15.4. The Balaban J connectivity index is 1.82. The van der Waals surface area contributed by atoms with Crippen molar-refractivity contribution in [2.45, 2.75) is 51.3 Å². The molecule has 0 spiro atoms. The summed E-state index contributed by atoms with van der Waals surface area (Å²) in [7, 11) is 0. The topological polar surface area (TPSA) is 67.4 Å². The minimum absolute atomic E-state index is 0.0368. The van der Waals surface area contributed by atoms with Crippen molar-refractivity contribution in [3.63, 3.8) is 0 Å². The van der Waals surface area contributed by atoms with Crippen LogP contribution in [0.4, 0.5) is 4.79 Å². The van der Waals surface area contributed by atoms with Crippen molar-refractivity contribution in [3.8, 4) is 0 Å². The van der Waals surface area contributed by atoms with Gasteiger partial charge in [-0.05, 0) is 39.2 Å². The van der Waals surface area contributed by atoms with Gasteiger partial charge in [0.1, 0.15) is 11.6 Å². The normalized spacial score (nSPS) is 21.2. The number of hydrogen-bond donors (Lipinski definition) is 2. The molecule has 1 saturated heterocycles. The lowest BCUT2D eigenvalue weighted by atomic mass is 9.92. The molecule has 0 saturated carbocycles. The first-order valence-electron chi connectivity index (χ1n) is 7.19. The van der Waals surface area contributed by atoms with E-state index in [9.17, 15) is 9.59 Å². The molecule has 1 aliphatic heterocycles. The molecule has 1 aromatic carbocycles. The second kappa shape index (κ2) is 6.16. The molecule has 114 valence electrons. The maximum atomic E-state index is 11.7. The fourth-order valence-corrected chi connectivity index (χ4v) is 2.25. The van der Waals surface area contributed by atoms with E-state index in [1.807, 2.05) is 18.2 Å². The zero-order valence-corrected chi connectivity index (χ0v) is 12.7. The molecular formula is C16H22N2O3. The highest BCUT2D eigenvalue weighted by Crippen LogP contribution is 2.15. The van der Waals surface area contributed by atoms with Crippen molar-refractivity contribution >= 4 is 12.0 Å². The van der Waals surface area contributed by atoms with Crippen LogP contribution in [0.25, 0.3) is 0 Å². The molecule has 1 aliphatic rings. The molecule has 0 unspecified atom stereocenters. The number of nitrogens with one attached hydrogen (secondary N) is 2.